The van der Waals surface area contributed by atoms with Gasteiger partial charge in [-0.1, -0.05) is 12.8 Å². The normalized spacial score (nSPS) is 14.0. The predicted octanol–water partition coefficient (Wildman–Crippen LogP) is -0.159. The fraction of sp³-hybridized carbons (Fsp3) is 0.727. The van der Waals surface area contributed by atoms with Crippen molar-refractivity contribution in [2.24, 2.45) is 5.73 Å². The average molecular weight is 211 g/mol. The number of terminal acetylenes is 1. The number of nitrogens with two attached hydrogens (primary N) is 1. The number of hydrogen-bond acceptors (Lipinski definition) is 3. The monoisotopic (exact) mass is 211 g/mol. The largest absolute Gasteiger partial charge is 0.356 e. The lowest BCUT2D eigenvalue weighted by atomic mass is 10.1. The van der Waals surface area contributed by atoms with Crippen molar-refractivity contribution in [1.82, 2.24) is 10.6 Å². The van der Waals surface area contributed by atoms with Gasteiger partial charge in [0.1, 0.15) is 0 Å². The Morgan fingerprint density at radius 3 is 2.73 bits per heavy atom. The Balaban J connectivity index is 3.88. The highest BCUT2D eigenvalue weighted by Gasteiger charge is 2.12. The second-order valence-electron chi connectivity index (χ2n) is 3.54. The number of nitrogens with one attached hydrogen (secondary N) is 2. The quantitative estimate of drug-likeness (QED) is 0.513. The summed E-state index contributed by atoms with van der Waals surface area (Å²) in [5.74, 6) is 2.57. The van der Waals surface area contributed by atoms with Crippen molar-refractivity contribution >= 4 is 5.91 Å². The van der Waals surface area contributed by atoms with E-state index in [0.29, 0.717) is 19.5 Å². The Kier molecular flexibility index (Phi) is 7.69. The van der Waals surface area contributed by atoms with Crippen LogP contribution in [0.2, 0.25) is 0 Å². The molecule has 0 bridgehead atoms. The minimum absolute atomic E-state index is 0.0176. The molecule has 0 rings (SSSR count). The summed E-state index contributed by atoms with van der Waals surface area (Å²) < 4.78 is 0. The van der Waals surface area contributed by atoms with Crippen molar-refractivity contribution in [2.75, 3.05) is 13.1 Å². The van der Waals surface area contributed by atoms with E-state index in [2.05, 4.69) is 16.6 Å². The van der Waals surface area contributed by atoms with Crippen LogP contribution >= 0.6 is 0 Å². The van der Waals surface area contributed by atoms with Crippen molar-refractivity contribution in [3.05, 3.63) is 0 Å². The Labute approximate surface area is 92.0 Å². The van der Waals surface area contributed by atoms with E-state index in [9.17, 15) is 4.79 Å². The molecule has 0 aliphatic heterocycles. The van der Waals surface area contributed by atoms with Crippen LogP contribution in [0, 0.1) is 12.3 Å². The number of carbonyl (C=O) groups excluding carboxylic acids is 1. The minimum Gasteiger partial charge on any atom is -0.356 e. The number of rotatable bonds is 7. The smallest absolute Gasteiger partial charge is 0.221 e. The van der Waals surface area contributed by atoms with Crippen LogP contribution in [-0.2, 0) is 4.79 Å². The van der Waals surface area contributed by atoms with Crippen LogP contribution in [0.5, 0.6) is 0 Å². The molecule has 2 unspecified atom stereocenters. The Morgan fingerprint density at radius 1 is 1.60 bits per heavy atom. The van der Waals surface area contributed by atoms with Crippen LogP contribution in [0.15, 0.2) is 0 Å². The summed E-state index contributed by atoms with van der Waals surface area (Å²) in [5, 5.41) is 5.90. The van der Waals surface area contributed by atoms with Crippen LogP contribution in [0.4, 0.5) is 0 Å². The predicted molar refractivity (Wildman–Crippen MR) is 62.2 cm³/mol. The van der Waals surface area contributed by atoms with E-state index in [4.69, 9.17) is 12.2 Å². The van der Waals surface area contributed by atoms with Crippen LogP contribution in [0.25, 0.3) is 0 Å². The summed E-state index contributed by atoms with van der Waals surface area (Å²) >= 11 is 0. The van der Waals surface area contributed by atoms with E-state index >= 15 is 0 Å². The molecule has 4 heteroatoms. The molecule has 0 saturated carbocycles. The zero-order valence-corrected chi connectivity index (χ0v) is 9.55. The van der Waals surface area contributed by atoms with Crippen LogP contribution in [0.1, 0.15) is 26.7 Å². The maximum absolute atomic E-state index is 11.4. The molecule has 0 saturated heterocycles. The summed E-state index contributed by atoms with van der Waals surface area (Å²) in [4.78, 5) is 11.4. The summed E-state index contributed by atoms with van der Waals surface area (Å²) in [6, 6.07) is -0.106. The molecule has 0 fully saturated rings. The molecule has 2 atom stereocenters. The fourth-order valence-electron chi connectivity index (χ4n) is 1.17. The molecular formula is C11H21N3O. The van der Waals surface area contributed by atoms with Gasteiger partial charge in [-0.3, -0.25) is 10.1 Å². The molecule has 0 heterocycles. The Morgan fingerprint density at radius 2 is 2.27 bits per heavy atom. The summed E-state index contributed by atoms with van der Waals surface area (Å²) in [7, 11) is 0. The summed E-state index contributed by atoms with van der Waals surface area (Å²) in [6.07, 6.45) is 6.55. The van der Waals surface area contributed by atoms with Crippen LogP contribution in [0.3, 0.4) is 0 Å². The minimum atomic E-state index is -0.0578. The van der Waals surface area contributed by atoms with Gasteiger partial charge in [-0.15, -0.1) is 6.42 Å². The van der Waals surface area contributed by atoms with Gasteiger partial charge in [-0.25, -0.2) is 0 Å². The van der Waals surface area contributed by atoms with Gasteiger partial charge < -0.3 is 11.1 Å². The number of carbonyl (C=O) groups is 1. The second-order valence-corrected chi connectivity index (χ2v) is 3.54. The number of hydrogen-bond donors (Lipinski definition) is 3. The van der Waals surface area contributed by atoms with E-state index in [1.807, 2.05) is 13.8 Å². The fourth-order valence-corrected chi connectivity index (χ4v) is 1.17. The molecule has 0 aromatic heterocycles. The number of amides is 1. The second kappa shape index (κ2) is 8.27. The molecule has 4 N–H and O–H groups in total. The van der Waals surface area contributed by atoms with Crippen molar-refractivity contribution < 1.29 is 4.79 Å². The first-order chi connectivity index (χ1) is 7.13. The van der Waals surface area contributed by atoms with Gasteiger partial charge in [0.05, 0.1) is 6.04 Å². The van der Waals surface area contributed by atoms with Crippen molar-refractivity contribution in [2.45, 2.75) is 38.8 Å². The van der Waals surface area contributed by atoms with Gasteiger partial charge in [-0.2, -0.15) is 0 Å². The van der Waals surface area contributed by atoms with Crippen molar-refractivity contribution in [1.29, 1.82) is 0 Å². The first kappa shape index (κ1) is 13.9. The summed E-state index contributed by atoms with van der Waals surface area (Å²) in [5.41, 5.74) is 5.54. The molecule has 0 aromatic carbocycles. The van der Waals surface area contributed by atoms with E-state index in [1.54, 1.807) is 0 Å². The highest BCUT2D eigenvalue weighted by Crippen LogP contribution is 1.92. The molecule has 0 aromatic rings. The molecule has 15 heavy (non-hydrogen) atoms. The topological polar surface area (TPSA) is 67.1 Å². The Bertz CT molecular complexity index is 222. The van der Waals surface area contributed by atoms with Gasteiger partial charge in [-0.05, 0) is 13.3 Å². The van der Waals surface area contributed by atoms with Gasteiger partial charge in [0.15, 0.2) is 0 Å². The molecule has 0 aliphatic rings. The van der Waals surface area contributed by atoms with Crippen LogP contribution < -0.4 is 16.4 Å². The van der Waals surface area contributed by atoms with Gasteiger partial charge in [0.25, 0.3) is 0 Å². The van der Waals surface area contributed by atoms with E-state index in [-0.39, 0.29) is 18.0 Å². The lowest BCUT2D eigenvalue weighted by Gasteiger charge is -2.18. The first-order valence-electron chi connectivity index (χ1n) is 5.33. The van der Waals surface area contributed by atoms with Gasteiger partial charge in [0.2, 0.25) is 5.91 Å². The highest BCUT2D eigenvalue weighted by atomic mass is 16.1. The van der Waals surface area contributed by atoms with E-state index in [1.165, 1.54) is 0 Å². The molecule has 0 radical (unpaired) electrons. The average Bonchev–Trinajstić information content (AvgIpc) is 2.25. The highest BCUT2D eigenvalue weighted by molar-refractivity contribution is 5.76. The van der Waals surface area contributed by atoms with E-state index in [0.717, 1.165) is 6.42 Å². The maximum atomic E-state index is 11.4. The lowest BCUT2D eigenvalue weighted by Crippen LogP contribution is -2.44. The summed E-state index contributed by atoms with van der Waals surface area (Å²) in [6.45, 7) is 5.00. The molecule has 0 aliphatic carbocycles. The molecule has 0 spiro atoms. The third-order valence-electron chi connectivity index (χ3n) is 2.02. The zero-order chi connectivity index (χ0) is 11.7. The molecule has 86 valence electrons. The van der Waals surface area contributed by atoms with E-state index < -0.39 is 0 Å². The van der Waals surface area contributed by atoms with Crippen molar-refractivity contribution in [3.63, 3.8) is 0 Å². The zero-order valence-electron chi connectivity index (χ0n) is 9.55. The third-order valence-corrected chi connectivity index (χ3v) is 2.02. The van der Waals surface area contributed by atoms with Gasteiger partial charge in [0, 0.05) is 25.6 Å². The Hall–Kier alpha value is -1.05. The van der Waals surface area contributed by atoms with Crippen molar-refractivity contribution in [3.8, 4) is 12.3 Å². The molecular weight excluding hydrogens is 190 g/mol. The molecule has 1 amide bonds. The standard InChI is InChI=1S/C11H21N3O/c1-4-6-13-11(15)7-10(8-12)14-9(3)5-2/h2,9-10,14H,4,6-8,12H2,1,3H3,(H,13,15). The third kappa shape index (κ3) is 6.95. The van der Waals surface area contributed by atoms with Gasteiger partial charge >= 0.3 is 0 Å². The SMILES string of the molecule is C#CC(C)NC(CN)CC(=O)NCCC. The lowest BCUT2D eigenvalue weighted by molar-refractivity contribution is -0.121. The van der Waals surface area contributed by atoms with Crippen LogP contribution in [-0.4, -0.2) is 31.1 Å². The first-order valence-corrected chi connectivity index (χ1v) is 5.33. The molecule has 4 nitrogen and oxygen atoms in total. The maximum Gasteiger partial charge on any atom is 0.221 e.